The fraction of sp³-hybridized carbons (Fsp3) is 0.250. The molecule has 2 unspecified atom stereocenters. The largest absolute Gasteiger partial charge is 0.457 e. The maximum atomic E-state index is 13.5. The number of rotatable bonds is 4. The Morgan fingerprint density at radius 3 is 2.00 bits per heavy atom. The number of alkyl halides is 2. The lowest BCUT2D eigenvalue weighted by Gasteiger charge is -2.16. The van der Waals surface area contributed by atoms with Crippen molar-refractivity contribution in [2.24, 2.45) is 0 Å². The molecule has 0 aromatic heterocycles. The molecule has 0 aliphatic carbocycles. The standard InChI is InChI=1S/C16H14Br2F2O/c1-9(17)13-5-3-12(20)8-16(13)21-15-6-4-11(19)7-14(15)10(2)18/h3-10H,1-2H3. The molecule has 0 aliphatic heterocycles. The Bertz CT molecular complexity index is 642. The fourth-order valence-electron chi connectivity index (χ4n) is 1.97. The van der Waals surface area contributed by atoms with E-state index in [9.17, 15) is 8.78 Å². The Hall–Kier alpha value is -0.940. The lowest BCUT2D eigenvalue weighted by molar-refractivity contribution is 0.463. The minimum Gasteiger partial charge on any atom is -0.457 e. The molecular weight excluding hydrogens is 406 g/mol. The highest BCUT2D eigenvalue weighted by molar-refractivity contribution is 9.09. The van der Waals surface area contributed by atoms with Crippen LogP contribution in [0.5, 0.6) is 11.5 Å². The zero-order valence-electron chi connectivity index (χ0n) is 11.5. The maximum Gasteiger partial charge on any atom is 0.134 e. The lowest BCUT2D eigenvalue weighted by Crippen LogP contribution is -1.97. The smallest absolute Gasteiger partial charge is 0.134 e. The number of benzene rings is 2. The molecule has 0 aliphatic rings. The molecule has 112 valence electrons. The van der Waals surface area contributed by atoms with Crippen LogP contribution in [-0.4, -0.2) is 0 Å². The summed E-state index contributed by atoms with van der Waals surface area (Å²) in [6.07, 6.45) is 0. The summed E-state index contributed by atoms with van der Waals surface area (Å²) < 4.78 is 32.7. The van der Waals surface area contributed by atoms with Crippen LogP contribution in [0, 0.1) is 11.6 Å². The average Bonchev–Trinajstić information content (AvgIpc) is 2.40. The summed E-state index contributed by atoms with van der Waals surface area (Å²) in [6.45, 7) is 3.81. The van der Waals surface area contributed by atoms with E-state index >= 15 is 0 Å². The fourth-order valence-corrected chi connectivity index (χ4v) is 2.70. The van der Waals surface area contributed by atoms with Crippen molar-refractivity contribution < 1.29 is 13.5 Å². The third-order valence-corrected chi connectivity index (χ3v) is 4.01. The SMILES string of the molecule is CC(Br)c1ccc(F)cc1Oc1ccc(F)cc1C(C)Br. The molecule has 0 N–H and O–H groups in total. The van der Waals surface area contributed by atoms with Gasteiger partial charge in [-0.3, -0.25) is 0 Å². The molecule has 0 amide bonds. The van der Waals surface area contributed by atoms with Crippen LogP contribution in [0.15, 0.2) is 36.4 Å². The van der Waals surface area contributed by atoms with Crippen LogP contribution in [0.3, 0.4) is 0 Å². The van der Waals surface area contributed by atoms with Crippen LogP contribution in [-0.2, 0) is 0 Å². The Balaban J connectivity index is 2.45. The van der Waals surface area contributed by atoms with Gasteiger partial charge in [-0.25, -0.2) is 8.78 Å². The third-order valence-electron chi connectivity index (χ3n) is 3.02. The summed E-state index contributed by atoms with van der Waals surface area (Å²) in [5.74, 6) is 0.204. The molecule has 0 bridgehead atoms. The van der Waals surface area contributed by atoms with Crippen molar-refractivity contribution in [3.05, 3.63) is 59.2 Å². The van der Waals surface area contributed by atoms with E-state index in [0.717, 1.165) is 5.56 Å². The van der Waals surface area contributed by atoms with Crippen molar-refractivity contribution in [2.75, 3.05) is 0 Å². The van der Waals surface area contributed by atoms with Gasteiger partial charge in [0.2, 0.25) is 0 Å². The first-order valence-corrected chi connectivity index (χ1v) is 8.26. The van der Waals surface area contributed by atoms with E-state index in [0.29, 0.717) is 17.1 Å². The summed E-state index contributed by atoms with van der Waals surface area (Å²) in [6, 6.07) is 8.68. The average molecular weight is 420 g/mol. The van der Waals surface area contributed by atoms with E-state index in [2.05, 4.69) is 31.9 Å². The molecule has 0 radical (unpaired) electrons. The van der Waals surface area contributed by atoms with Gasteiger partial charge in [-0.15, -0.1) is 0 Å². The van der Waals surface area contributed by atoms with E-state index in [4.69, 9.17) is 4.74 Å². The number of ether oxygens (including phenoxy) is 1. The van der Waals surface area contributed by atoms with Crippen LogP contribution in [0.1, 0.15) is 34.6 Å². The van der Waals surface area contributed by atoms with E-state index in [1.807, 2.05) is 13.8 Å². The highest BCUT2D eigenvalue weighted by Gasteiger charge is 2.15. The minimum atomic E-state index is -0.377. The van der Waals surface area contributed by atoms with Gasteiger partial charge >= 0.3 is 0 Å². The first kappa shape index (κ1) is 16.4. The molecule has 0 heterocycles. The van der Waals surface area contributed by atoms with Gasteiger partial charge < -0.3 is 4.74 Å². The van der Waals surface area contributed by atoms with Gasteiger partial charge in [0, 0.05) is 26.8 Å². The van der Waals surface area contributed by atoms with Crippen LogP contribution in [0.2, 0.25) is 0 Å². The molecule has 0 saturated heterocycles. The van der Waals surface area contributed by atoms with Gasteiger partial charge in [0.15, 0.2) is 0 Å². The van der Waals surface area contributed by atoms with Crippen molar-refractivity contribution >= 4 is 31.9 Å². The summed E-state index contributed by atoms with van der Waals surface area (Å²) in [5, 5.41) is 0. The minimum absolute atomic E-state index is 0.0124. The van der Waals surface area contributed by atoms with E-state index in [-0.39, 0.29) is 21.3 Å². The van der Waals surface area contributed by atoms with Gasteiger partial charge in [0.25, 0.3) is 0 Å². The topological polar surface area (TPSA) is 9.23 Å². The van der Waals surface area contributed by atoms with Crippen LogP contribution in [0.25, 0.3) is 0 Å². The Morgan fingerprint density at radius 2 is 1.38 bits per heavy atom. The first-order chi connectivity index (χ1) is 9.88. The second kappa shape index (κ2) is 6.88. The molecule has 0 saturated carbocycles. The number of halogens is 4. The Labute approximate surface area is 139 Å². The zero-order chi connectivity index (χ0) is 15.6. The molecule has 21 heavy (non-hydrogen) atoms. The molecule has 2 aromatic carbocycles. The molecule has 0 spiro atoms. The molecule has 2 atom stereocenters. The predicted molar refractivity (Wildman–Crippen MR) is 87.6 cm³/mol. The number of hydrogen-bond donors (Lipinski definition) is 0. The molecular formula is C16H14Br2F2O. The molecule has 1 nitrogen and oxygen atoms in total. The quantitative estimate of drug-likeness (QED) is 0.503. The summed E-state index contributed by atoms with van der Waals surface area (Å²) in [5.41, 5.74) is 1.50. The highest BCUT2D eigenvalue weighted by Crippen LogP contribution is 2.38. The van der Waals surface area contributed by atoms with Crippen LogP contribution < -0.4 is 4.74 Å². The van der Waals surface area contributed by atoms with Crippen molar-refractivity contribution in [3.63, 3.8) is 0 Å². The summed E-state index contributed by atoms with van der Waals surface area (Å²) in [4.78, 5) is -0.0694. The van der Waals surface area contributed by atoms with Crippen LogP contribution >= 0.6 is 31.9 Å². The van der Waals surface area contributed by atoms with Gasteiger partial charge in [0.1, 0.15) is 23.1 Å². The molecule has 5 heteroatoms. The Kier molecular flexibility index (Phi) is 5.38. The third kappa shape index (κ3) is 4.04. The molecule has 2 aromatic rings. The van der Waals surface area contributed by atoms with E-state index in [1.165, 1.54) is 24.3 Å². The van der Waals surface area contributed by atoms with E-state index in [1.54, 1.807) is 12.1 Å². The predicted octanol–water partition coefficient (Wildman–Crippen LogP) is 6.67. The second-order valence-corrected chi connectivity index (χ2v) is 7.45. The van der Waals surface area contributed by atoms with Gasteiger partial charge in [-0.05, 0) is 38.1 Å². The molecule has 0 fully saturated rings. The molecule has 2 rings (SSSR count). The zero-order valence-corrected chi connectivity index (χ0v) is 14.7. The van der Waals surface area contributed by atoms with Crippen molar-refractivity contribution in [1.29, 1.82) is 0 Å². The lowest BCUT2D eigenvalue weighted by atomic mass is 10.1. The highest BCUT2D eigenvalue weighted by atomic mass is 79.9. The summed E-state index contributed by atoms with van der Waals surface area (Å²) >= 11 is 6.87. The monoisotopic (exact) mass is 418 g/mol. The summed E-state index contributed by atoms with van der Waals surface area (Å²) in [7, 11) is 0. The van der Waals surface area contributed by atoms with Gasteiger partial charge in [-0.2, -0.15) is 0 Å². The van der Waals surface area contributed by atoms with Crippen LogP contribution in [0.4, 0.5) is 8.78 Å². The van der Waals surface area contributed by atoms with Gasteiger partial charge in [-0.1, -0.05) is 37.9 Å². The second-order valence-electron chi connectivity index (χ2n) is 4.70. The van der Waals surface area contributed by atoms with Gasteiger partial charge in [0.05, 0.1) is 0 Å². The first-order valence-electron chi connectivity index (χ1n) is 6.43. The van der Waals surface area contributed by atoms with Crippen molar-refractivity contribution in [3.8, 4) is 11.5 Å². The van der Waals surface area contributed by atoms with Crippen molar-refractivity contribution in [2.45, 2.75) is 23.5 Å². The Morgan fingerprint density at radius 1 is 0.810 bits per heavy atom. The normalized spacial score (nSPS) is 13.8. The maximum absolute atomic E-state index is 13.5. The number of hydrogen-bond acceptors (Lipinski definition) is 1. The van der Waals surface area contributed by atoms with Crippen molar-refractivity contribution in [1.82, 2.24) is 0 Å². The van der Waals surface area contributed by atoms with E-state index < -0.39 is 0 Å².